The lowest BCUT2D eigenvalue weighted by Crippen LogP contribution is -2.45. The number of aliphatic hydroxyl groups is 2. The number of unbranched alkanes of at least 4 members (excludes halogenated alkanes) is 38. The van der Waals surface area contributed by atoms with Crippen molar-refractivity contribution in [2.24, 2.45) is 0 Å². The van der Waals surface area contributed by atoms with Gasteiger partial charge in [0.2, 0.25) is 5.91 Å². The van der Waals surface area contributed by atoms with Crippen molar-refractivity contribution >= 4 is 11.9 Å². The Kier molecular flexibility index (Phi) is 55.0. The van der Waals surface area contributed by atoms with Gasteiger partial charge in [-0.05, 0) is 70.6 Å². The maximum absolute atomic E-state index is 12.5. The lowest BCUT2D eigenvalue weighted by Gasteiger charge is -2.22. The molecule has 394 valence electrons. The SMILES string of the molecule is CCCCCCCC/C=C\CCCCCCCCCCCC(=O)OCCCCCCCC/C=C\C/C=C\CCC(=O)NC(CO)C(O)CCCCCCCCCCCCCCCCCCCC. The quantitative estimate of drug-likeness (QED) is 0.0321. The number of esters is 1. The predicted octanol–water partition coefficient (Wildman–Crippen LogP) is 18.4. The second-order valence-electron chi connectivity index (χ2n) is 20.3. The molecule has 1 amide bonds. The molecule has 0 aromatic heterocycles. The third kappa shape index (κ3) is 53.3. The van der Waals surface area contributed by atoms with E-state index in [1.54, 1.807) is 0 Å². The van der Waals surface area contributed by atoms with Crippen LogP contribution >= 0.6 is 0 Å². The third-order valence-electron chi connectivity index (χ3n) is 13.7. The summed E-state index contributed by atoms with van der Waals surface area (Å²) in [6, 6.07) is -0.586. The molecular formula is C61H115NO5. The molecule has 0 saturated heterocycles. The van der Waals surface area contributed by atoms with E-state index in [0.29, 0.717) is 32.3 Å². The topological polar surface area (TPSA) is 95.9 Å². The molecule has 0 aliphatic carbocycles. The summed E-state index contributed by atoms with van der Waals surface area (Å²) >= 11 is 0. The van der Waals surface area contributed by atoms with Crippen molar-refractivity contribution in [1.29, 1.82) is 0 Å². The first-order valence-electron chi connectivity index (χ1n) is 29.7. The van der Waals surface area contributed by atoms with Crippen LogP contribution in [0.2, 0.25) is 0 Å². The van der Waals surface area contributed by atoms with E-state index in [-0.39, 0.29) is 18.5 Å². The van der Waals surface area contributed by atoms with Gasteiger partial charge in [-0.15, -0.1) is 0 Å². The molecule has 2 atom stereocenters. The minimum Gasteiger partial charge on any atom is -0.466 e. The van der Waals surface area contributed by atoms with Crippen molar-refractivity contribution in [1.82, 2.24) is 5.32 Å². The molecule has 0 rings (SSSR count). The first kappa shape index (κ1) is 65.1. The zero-order valence-electron chi connectivity index (χ0n) is 44.9. The Labute approximate surface area is 417 Å². The summed E-state index contributed by atoms with van der Waals surface area (Å²) in [5.41, 5.74) is 0. The molecule has 6 heteroatoms. The van der Waals surface area contributed by atoms with Gasteiger partial charge in [-0.2, -0.15) is 0 Å². The normalized spacial score (nSPS) is 12.8. The predicted molar refractivity (Wildman–Crippen MR) is 292 cm³/mol. The standard InChI is InChI=1S/C61H115NO5/c1-3-5-7-9-11-13-15-17-19-21-23-25-27-31-35-39-43-47-51-55-61(66)67-56-52-48-44-40-36-32-28-30-34-38-42-46-50-54-60(65)62-58(57-63)59(64)53-49-45-41-37-33-29-26-24-22-20-18-16-14-12-10-8-6-4-2/h17,19,30,34,42,46,58-59,63-64H,3-16,18,20-29,31-33,35-41,43-45,47-57H2,1-2H3,(H,62,65)/b19-17-,34-30-,46-42-. The van der Waals surface area contributed by atoms with Crippen LogP contribution in [0.3, 0.4) is 0 Å². The summed E-state index contributed by atoms with van der Waals surface area (Å²) in [5, 5.41) is 23.2. The summed E-state index contributed by atoms with van der Waals surface area (Å²) in [5.74, 6) is -0.131. The van der Waals surface area contributed by atoms with Gasteiger partial charge in [-0.3, -0.25) is 9.59 Å². The van der Waals surface area contributed by atoms with Crippen LogP contribution in [-0.4, -0.2) is 47.4 Å². The van der Waals surface area contributed by atoms with E-state index in [4.69, 9.17) is 4.74 Å². The number of amides is 1. The number of hydrogen-bond donors (Lipinski definition) is 3. The van der Waals surface area contributed by atoms with Crippen molar-refractivity contribution in [2.45, 2.75) is 328 Å². The minimum absolute atomic E-state index is 0.0171. The number of hydrogen-bond acceptors (Lipinski definition) is 5. The van der Waals surface area contributed by atoms with Crippen LogP contribution < -0.4 is 5.32 Å². The Hall–Kier alpha value is -1.92. The molecule has 0 radical (unpaired) electrons. The molecule has 0 aromatic rings. The van der Waals surface area contributed by atoms with Crippen LogP contribution in [0, 0.1) is 0 Å². The molecule has 3 N–H and O–H groups in total. The smallest absolute Gasteiger partial charge is 0.305 e. The lowest BCUT2D eigenvalue weighted by molar-refractivity contribution is -0.143. The Balaban J connectivity index is 3.52. The van der Waals surface area contributed by atoms with Gasteiger partial charge in [0, 0.05) is 12.8 Å². The highest BCUT2D eigenvalue weighted by Gasteiger charge is 2.19. The number of allylic oxidation sites excluding steroid dienone is 6. The largest absolute Gasteiger partial charge is 0.466 e. The number of rotatable bonds is 55. The highest BCUT2D eigenvalue weighted by atomic mass is 16.5. The fourth-order valence-corrected chi connectivity index (χ4v) is 9.10. The average molecular weight is 943 g/mol. The molecule has 0 heterocycles. The van der Waals surface area contributed by atoms with Crippen LogP contribution in [0.15, 0.2) is 36.5 Å². The maximum atomic E-state index is 12.5. The molecule has 0 spiro atoms. The van der Waals surface area contributed by atoms with E-state index in [1.165, 1.54) is 225 Å². The van der Waals surface area contributed by atoms with Crippen LogP contribution in [0.1, 0.15) is 316 Å². The molecular weight excluding hydrogens is 827 g/mol. The summed E-state index contributed by atoms with van der Waals surface area (Å²) < 4.78 is 5.47. The van der Waals surface area contributed by atoms with Gasteiger partial charge in [0.1, 0.15) is 0 Å². The van der Waals surface area contributed by atoms with Crippen LogP contribution in [-0.2, 0) is 14.3 Å². The molecule has 0 bridgehead atoms. The summed E-state index contributed by atoms with van der Waals surface area (Å²) in [6.45, 7) is 4.90. The number of nitrogens with one attached hydrogen (secondary N) is 1. The van der Waals surface area contributed by atoms with Crippen LogP contribution in [0.4, 0.5) is 0 Å². The molecule has 0 aromatic carbocycles. The third-order valence-corrected chi connectivity index (χ3v) is 13.7. The zero-order valence-corrected chi connectivity index (χ0v) is 44.9. The van der Waals surface area contributed by atoms with E-state index in [0.717, 1.165) is 51.4 Å². The molecule has 6 nitrogen and oxygen atoms in total. The molecule has 67 heavy (non-hydrogen) atoms. The Bertz CT molecular complexity index is 1090. The number of ether oxygens (including phenoxy) is 1. The van der Waals surface area contributed by atoms with Crippen molar-refractivity contribution in [3.05, 3.63) is 36.5 Å². The molecule has 2 unspecified atom stereocenters. The molecule has 0 aliphatic rings. The maximum Gasteiger partial charge on any atom is 0.305 e. The van der Waals surface area contributed by atoms with E-state index in [1.807, 2.05) is 6.08 Å². The van der Waals surface area contributed by atoms with Crippen LogP contribution in [0.25, 0.3) is 0 Å². The van der Waals surface area contributed by atoms with Gasteiger partial charge in [0.25, 0.3) is 0 Å². The molecule has 0 fully saturated rings. The van der Waals surface area contributed by atoms with Crippen molar-refractivity contribution in [2.75, 3.05) is 13.2 Å². The second-order valence-corrected chi connectivity index (χ2v) is 20.3. The van der Waals surface area contributed by atoms with Gasteiger partial charge >= 0.3 is 5.97 Å². The first-order valence-corrected chi connectivity index (χ1v) is 29.7. The number of carbonyl (C=O) groups is 2. The number of aliphatic hydroxyl groups excluding tert-OH is 2. The Morgan fingerprint density at radius 3 is 1.18 bits per heavy atom. The second kappa shape index (κ2) is 56.7. The van der Waals surface area contributed by atoms with E-state index in [9.17, 15) is 19.8 Å². The fourth-order valence-electron chi connectivity index (χ4n) is 9.10. The first-order chi connectivity index (χ1) is 33.0. The van der Waals surface area contributed by atoms with E-state index >= 15 is 0 Å². The lowest BCUT2D eigenvalue weighted by atomic mass is 10.0. The van der Waals surface area contributed by atoms with E-state index in [2.05, 4.69) is 49.5 Å². The van der Waals surface area contributed by atoms with Gasteiger partial charge in [-0.25, -0.2) is 0 Å². The highest BCUT2D eigenvalue weighted by molar-refractivity contribution is 5.76. The molecule has 0 saturated carbocycles. The zero-order chi connectivity index (χ0) is 48.6. The minimum atomic E-state index is -0.700. The van der Waals surface area contributed by atoms with Crippen molar-refractivity contribution < 1.29 is 24.5 Å². The fraction of sp³-hybridized carbons (Fsp3) is 0.869. The summed E-state index contributed by atoms with van der Waals surface area (Å²) in [7, 11) is 0. The van der Waals surface area contributed by atoms with Crippen LogP contribution in [0.5, 0.6) is 0 Å². The summed E-state index contributed by atoms with van der Waals surface area (Å²) in [4.78, 5) is 24.5. The summed E-state index contributed by atoms with van der Waals surface area (Å²) in [6.07, 6.45) is 70.1. The number of carbonyl (C=O) groups excluding carboxylic acids is 2. The van der Waals surface area contributed by atoms with E-state index < -0.39 is 12.1 Å². The Morgan fingerprint density at radius 2 is 0.761 bits per heavy atom. The monoisotopic (exact) mass is 942 g/mol. The van der Waals surface area contributed by atoms with Gasteiger partial charge in [-0.1, -0.05) is 269 Å². The van der Waals surface area contributed by atoms with Gasteiger partial charge < -0.3 is 20.3 Å². The average Bonchev–Trinajstić information content (AvgIpc) is 3.33. The van der Waals surface area contributed by atoms with Gasteiger partial charge in [0.15, 0.2) is 0 Å². The Morgan fingerprint density at radius 1 is 0.418 bits per heavy atom. The van der Waals surface area contributed by atoms with Crippen molar-refractivity contribution in [3.63, 3.8) is 0 Å². The van der Waals surface area contributed by atoms with Crippen molar-refractivity contribution in [3.8, 4) is 0 Å². The van der Waals surface area contributed by atoms with Gasteiger partial charge in [0.05, 0.1) is 25.4 Å². The molecule has 0 aliphatic heterocycles. The highest BCUT2D eigenvalue weighted by Crippen LogP contribution is 2.17.